The molecule has 10 nitrogen and oxygen atoms in total. The van der Waals surface area contributed by atoms with E-state index in [-0.39, 0.29) is 17.9 Å². The molecule has 0 saturated heterocycles. The van der Waals surface area contributed by atoms with Crippen molar-refractivity contribution in [2.45, 2.75) is 13.0 Å². The molecule has 4 rings (SSSR count). The summed E-state index contributed by atoms with van der Waals surface area (Å²) >= 11 is 0. The third-order valence-electron chi connectivity index (χ3n) is 4.77. The zero-order valence-corrected chi connectivity index (χ0v) is 17.8. The Morgan fingerprint density at radius 1 is 1.18 bits per heavy atom. The number of nitrogens with zero attached hydrogens (tertiary/aromatic N) is 6. The zero-order valence-electron chi connectivity index (χ0n) is 17.8. The van der Waals surface area contributed by atoms with E-state index < -0.39 is 23.3 Å². The fourth-order valence-corrected chi connectivity index (χ4v) is 3.08. The molecule has 3 heterocycles. The second kappa shape index (κ2) is 9.09. The molecule has 0 unspecified atom stereocenters. The summed E-state index contributed by atoms with van der Waals surface area (Å²) in [5.41, 5.74) is 0.770. The standard InChI is InChI=1S/C22H20FN7O3/c1-13(12-31)27-21(32)18-7-19(28-30(22(18)33)17-10-26-29(2)11-17)15-8-24-20(25-9-15)14-4-3-5-16(23)6-14/h3-11,13,31H,12H2,1-2H3,(H,27,32)/t13-/m0/s1. The topological polar surface area (TPSA) is 128 Å². The number of benzene rings is 1. The van der Waals surface area contributed by atoms with Gasteiger partial charge in [0.05, 0.1) is 24.7 Å². The summed E-state index contributed by atoms with van der Waals surface area (Å²) < 4.78 is 16.1. The van der Waals surface area contributed by atoms with E-state index in [0.717, 1.165) is 4.68 Å². The molecule has 1 aromatic carbocycles. The molecule has 168 valence electrons. The van der Waals surface area contributed by atoms with Crippen molar-refractivity contribution in [2.24, 2.45) is 7.05 Å². The van der Waals surface area contributed by atoms with Crippen LogP contribution in [0, 0.1) is 5.82 Å². The minimum absolute atomic E-state index is 0.168. The van der Waals surface area contributed by atoms with Gasteiger partial charge in [-0.05, 0) is 25.1 Å². The maximum Gasteiger partial charge on any atom is 0.284 e. The van der Waals surface area contributed by atoms with Crippen LogP contribution in [0.4, 0.5) is 4.39 Å². The van der Waals surface area contributed by atoms with Gasteiger partial charge in [0.1, 0.15) is 17.1 Å². The van der Waals surface area contributed by atoms with Crippen LogP contribution < -0.4 is 10.9 Å². The summed E-state index contributed by atoms with van der Waals surface area (Å²) in [6, 6.07) is 6.69. The van der Waals surface area contributed by atoms with Gasteiger partial charge in [-0.3, -0.25) is 14.3 Å². The molecular weight excluding hydrogens is 429 g/mol. The molecular formula is C22H20FN7O3. The largest absolute Gasteiger partial charge is 0.394 e. The number of hydrogen-bond acceptors (Lipinski definition) is 7. The first-order chi connectivity index (χ1) is 15.9. The molecule has 1 atom stereocenters. The van der Waals surface area contributed by atoms with Crippen LogP contribution in [0.2, 0.25) is 0 Å². The van der Waals surface area contributed by atoms with Crippen molar-refractivity contribution in [1.82, 2.24) is 34.8 Å². The fourth-order valence-electron chi connectivity index (χ4n) is 3.08. The summed E-state index contributed by atoms with van der Waals surface area (Å²) in [6.45, 7) is 1.33. The molecule has 4 aromatic rings. The van der Waals surface area contributed by atoms with Crippen LogP contribution in [0.5, 0.6) is 0 Å². The number of carbonyl (C=O) groups is 1. The highest BCUT2D eigenvalue weighted by atomic mass is 19.1. The van der Waals surface area contributed by atoms with Crippen molar-refractivity contribution in [3.05, 3.63) is 76.9 Å². The first-order valence-electron chi connectivity index (χ1n) is 9.99. The lowest BCUT2D eigenvalue weighted by atomic mass is 10.1. The minimum Gasteiger partial charge on any atom is -0.394 e. The van der Waals surface area contributed by atoms with Gasteiger partial charge in [0, 0.05) is 36.6 Å². The van der Waals surface area contributed by atoms with E-state index in [9.17, 15) is 19.1 Å². The number of rotatable bonds is 6. The van der Waals surface area contributed by atoms with Gasteiger partial charge in [0.2, 0.25) is 0 Å². The molecule has 0 fully saturated rings. The number of amides is 1. The molecule has 11 heteroatoms. The van der Waals surface area contributed by atoms with Crippen LogP contribution in [0.25, 0.3) is 28.3 Å². The number of hydrogen-bond donors (Lipinski definition) is 2. The maximum atomic E-state index is 13.5. The molecule has 0 aliphatic heterocycles. The predicted molar refractivity (Wildman–Crippen MR) is 117 cm³/mol. The number of aliphatic hydroxyl groups excluding tert-OH is 1. The first kappa shape index (κ1) is 22.0. The summed E-state index contributed by atoms with van der Waals surface area (Å²) in [6.07, 6.45) is 5.98. The third-order valence-corrected chi connectivity index (χ3v) is 4.77. The van der Waals surface area contributed by atoms with Crippen LogP contribution in [-0.4, -0.2) is 53.2 Å². The molecule has 0 bridgehead atoms. The molecule has 0 aliphatic rings. The molecule has 0 radical (unpaired) electrons. The quantitative estimate of drug-likeness (QED) is 0.455. The second-order valence-electron chi connectivity index (χ2n) is 7.40. The Kier molecular flexibility index (Phi) is 6.05. The van der Waals surface area contributed by atoms with Crippen LogP contribution in [0.3, 0.4) is 0 Å². The van der Waals surface area contributed by atoms with E-state index in [4.69, 9.17) is 0 Å². The molecule has 0 saturated carbocycles. The van der Waals surface area contributed by atoms with Crippen molar-refractivity contribution in [3.63, 3.8) is 0 Å². The highest BCUT2D eigenvalue weighted by Gasteiger charge is 2.19. The third kappa shape index (κ3) is 4.67. The Hall–Kier alpha value is -4.25. The normalized spacial score (nSPS) is 11.9. The summed E-state index contributed by atoms with van der Waals surface area (Å²) in [5, 5.41) is 20.2. The van der Waals surface area contributed by atoms with Gasteiger partial charge in [-0.2, -0.15) is 14.9 Å². The molecule has 3 aromatic heterocycles. The van der Waals surface area contributed by atoms with Gasteiger partial charge in [0.25, 0.3) is 11.5 Å². The fraction of sp³-hybridized carbons (Fsp3) is 0.182. The molecule has 0 spiro atoms. The summed E-state index contributed by atoms with van der Waals surface area (Å²) in [4.78, 5) is 34.3. The number of aromatic nitrogens is 6. The van der Waals surface area contributed by atoms with Crippen molar-refractivity contribution < 1.29 is 14.3 Å². The average molecular weight is 449 g/mol. The van der Waals surface area contributed by atoms with Gasteiger partial charge in [-0.15, -0.1) is 0 Å². The molecule has 0 aliphatic carbocycles. The van der Waals surface area contributed by atoms with E-state index in [0.29, 0.717) is 22.6 Å². The number of aryl methyl sites for hydroxylation is 1. The number of halogens is 1. The number of carbonyl (C=O) groups excluding carboxylic acids is 1. The minimum atomic E-state index is -0.653. The SMILES string of the molecule is C[C@@H](CO)NC(=O)c1cc(-c2cnc(-c3cccc(F)c3)nc2)nn(-c2cnn(C)c2)c1=O. The van der Waals surface area contributed by atoms with Crippen LogP contribution in [-0.2, 0) is 7.05 Å². The van der Waals surface area contributed by atoms with E-state index in [1.807, 2.05) is 0 Å². The van der Waals surface area contributed by atoms with E-state index in [1.165, 1.54) is 41.5 Å². The Morgan fingerprint density at radius 3 is 2.58 bits per heavy atom. The van der Waals surface area contributed by atoms with Gasteiger partial charge < -0.3 is 10.4 Å². The van der Waals surface area contributed by atoms with Crippen LogP contribution in [0.1, 0.15) is 17.3 Å². The van der Waals surface area contributed by atoms with Crippen molar-refractivity contribution in [2.75, 3.05) is 6.61 Å². The average Bonchev–Trinajstić information content (AvgIpc) is 3.25. The lowest BCUT2D eigenvalue weighted by molar-refractivity contribution is 0.0920. The lowest BCUT2D eigenvalue weighted by Gasteiger charge is -2.13. The maximum absolute atomic E-state index is 13.5. The van der Waals surface area contributed by atoms with Crippen LogP contribution >= 0.6 is 0 Å². The monoisotopic (exact) mass is 449 g/mol. The lowest BCUT2D eigenvalue weighted by Crippen LogP contribution is -2.39. The van der Waals surface area contributed by atoms with Gasteiger partial charge in [0.15, 0.2) is 5.82 Å². The first-order valence-corrected chi connectivity index (χ1v) is 9.99. The molecule has 2 N–H and O–H groups in total. The van der Waals surface area contributed by atoms with Crippen molar-refractivity contribution >= 4 is 5.91 Å². The van der Waals surface area contributed by atoms with Gasteiger partial charge >= 0.3 is 0 Å². The Morgan fingerprint density at radius 2 is 1.94 bits per heavy atom. The Balaban J connectivity index is 1.79. The van der Waals surface area contributed by atoms with E-state index >= 15 is 0 Å². The highest BCUT2D eigenvalue weighted by Crippen LogP contribution is 2.20. The van der Waals surface area contributed by atoms with Crippen molar-refractivity contribution in [3.8, 4) is 28.3 Å². The van der Waals surface area contributed by atoms with E-state index in [2.05, 4.69) is 25.5 Å². The molecule has 33 heavy (non-hydrogen) atoms. The predicted octanol–water partition coefficient (Wildman–Crippen LogP) is 1.34. The van der Waals surface area contributed by atoms with Gasteiger partial charge in [-0.1, -0.05) is 12.1 Å². The van der Waals surface area contributed by atoms with Crippen LogP contribution in [0.15, 0.2) is 59.9 Å². The second-order valence-corrected chi connectivity index (χ2v) is 7.40. The molecule has 1 amide bonds. The highest BCUT2D eigenvalue weighted by molar-refractivity contribution is 5.95. The zero-order chi connectivity index (χ0) is 23.5. The Bertz CT molecular complexity index is 1370. The summed E-state index contributed by atoms with van der Waals surface area (Å²) in [5.74, 6) is -0.744. The van der Waals surface area contributed by atoms with Crippen molar-refractivity contribution in [1.29, 1.82) is 0 Å². The van der Waals surface area contributed by atoms with Gasteiger partial charge in [-0.25, -0.2) is 14.4 Å². The number of nitrogens with one attached hydrogen (secondary N) is 1. The van der Waals surface area contributed by atoms with E-state index in [1.54, 1.807) is 32.3 Å². The number of aliphatic hydroxyl groups is 1. The summed E-state index contributed by atoms with van der Waals surface area (Å²) in [7, 11) is 1.69. The smallest absolute Gasteiger partial charge is 0.284 e. The Labute approximate surface area is 187 Å².